The fourth-order valence-corrected chi connectivity index (χ4v) is 4.21. The molecule has 0 aromatic heterocycles. The van der Waals surface area contributed by atoms with E-state index in [1.165, 1.54) is 56.1 Å². The van der Waals surface area contributed by atoms with Crippen LogP contribution in [0, 0.1) is 0 Å². The largest absolute Gasteiger partial charge is 0.309 e. The predicted molar refractivity (Wildman–Crippen MR) is 96.2 cm³/mol. The van der Waals surface area contributed by atoms with Gasteiger partial charge in [-0.15, -0.1) is 0 Å². The van der Waals surface area contributed by atoms with Crippen LogP contribution in [-0.2, 0) is 6.42 Å². The van der Waals surface area contributed by atoms with Crippen LogP contribution < -0.4 is 5.32 Å². The fraction of sp³-hybridized carbons (Fsp3) is 0.684. The second kappa shape index (κ2) is 8.24. The molecule has 21 heavy (non-hydrogen) atoms. The highest BCUT2D eigenvalue weighted by molar-refractivity contribution is 8.00. The monoisotopic (exact) mass is 305 g/mol. The molecule has 1 atom stereocenters. The topological polar surface area (TPSA) is 12.0 Å². The van der Waals surface area contributed by atoms with Crippen LogP contribution in [0.15, 0.2) is 24.3 Å². The second-order valence-electron chi connectivity index (χ2n) is 6.54. The number of unbranched alkanes of at least 4 members (excludes halogenated alkanes) is 1. The van der Waals surface area contributed by atoms with E-state index in [2.05, 4.69) is 61.4 Å². The lowest BCUT2D eigenvalue weighted by molar-refractivity contribution is 0.486. The molecule has 1 aliphatic rings. The summed E-state index contributed by atoms with van der Waals surface area (Å²) < 4.78 is 0.495. The van der Waals surface area contributed by atoms with Crippen LogP contribution in [0.4, 0.5) is 0 Å². The zero-order valence-corrected chi connectivity index (χ0v) is 14.8. The van der Waals surface area contributed by atoms with Crippen LogP contribution in [0.5, 0.6) is 0 Å². The number of aryl methyl sites for hydroxylation is 1. The average molecular weight is 306 g/mol. The van der Waals surface area contributed by atoms with Gasteiger partial charge in [-0.1, -0.05) is 50.5 Å². The number of thioether (sulfide) groups is 1. The molecular formula is C19H31NS. The lowest BCUT2D eigenvalue weighted by Gasteiger charge is -2.29. The molecule has 1 saturated carbocycles. The predicted octanol–water partition coefficient (Wildman–Crippen LogP) is 5.36. The van der Waals surface area contributed by atoms with Gasteiger partial charge in [0, 0.05) is 17.3 Å². The summed E-state index contributed by atoms with van der Waals surface area (Å²) >= 11 is 2.07. The quantitative estimate of drug-likeness (QED) is 0.694. The van der Waals surface area contributed by atoms with E-state index >= 15 is 0 Å². The molecule has 1 nitrogen and oxygen atoms in total. The summed E-state index contributed by atoms with van der Waals surface area (Å²) in [4.78, 5) is 0. The van der Waals surface area contributed by atoms with Crippen molar-refractivity contribution in [1.82, 2.24) is 5.32 Å². The van der Waals surface area contributed by atoms with Crippen LogP contribution in [0.1, 0.15) is 69.5 Å². The van der Waals surface area contributed by atoms with E-state index in [1.807, 2.05) is 0 Å². The molecule has 1 aromatic rings. The summed E-state index contributed by atoms with van der Waals surface area (Å²) in [6, 6.07) is 9.69. The molecule has 2 rings (SSSR count). The highest BCUT2D eigenvalue weighted by Crippen LogP contribution is 2.39. The first-order chi connectivity index (χ1) is 10.2. The third-order valence-electron chi connectivity index (χ3n) is 4.98. The van der Waals surface area contributed by atoms with Crippen molar-refractivity contribution in [2.24, 2.45) is 0 Å². The summed E-state index contributed by atoms with van der Waals surface area (Å²) in [5, 5.41) is 3.77. The Bertz CT molecular complexity index is 406. The zero-order valence-electron chi connectivity index (χ0n) is 14.0. The molecule has 1 aromatic carbocycles. The van der Waals surface area contributed by atoms with E-state index in [0.717, 1.165) is 6.54 Å². The SMILES string of the molecule is CCCCc1ccc(C(C)NCC2(SC)CCCC2)cc1. The fourth-order valence-electron chi connectivity index (χ4n) is 3.28. The van der Waals surface area contributed by atoms with Gasteiger partial charge in [-0.2, -0.15) is 11.8 Å². The molecule has 1 aliphatic carbocycles. The summed E-state index contributed by atoms with van der Waals surface area (Å²) in [5.74, 6) is 0. The van der Waals surface area contributed by atoms with Crippen molar-refractivity contribution in [2.45, 2.75) is 69.6 Å². The van der Waals surface area contributed by atoms with E-state index < -0.39 is 0 Å². The minimum atomic E-state index is 0.454. The van der Waals surface area contributed by atoms with Crippen LogP contribution in [0.2, 0.25) is 0 Å². The average Bonchev–Trinajstić information content (AvgIpc) is 3.00. The summed E-state index contributed by atoms with van der Waals surface area (Å²) in [5.41, 5.74) is 2.90. The van der Waals surface area contributed by atoms with Gasteiger partial charge in [0.1, 0.15) is 0 Å². The highest BCUT2D eigenvalue weighted by atomic mass is 32.2. The van der Waals surface area contributed by atoms with Gasteiger partial charge in [0.25, 0.3) is 0 Å². The molecule has 0 amide bonds. The summed E-state index contributed by atoms with van der Waals surface area (Å²) in [6.07, 6.45) is 11.6. The Morgan fingerprint density at radius 3 is 2.43 bits per heavy atom. The standard InChI is InChI=1S/C19H31NS/c1-4-5-8-17-9-11-18(12-10-17)16(2)20-15-19(21-3)13-6-7-14-19/h9-12,16,20H,4-8,13-15H2,1-3H3. The Morgan fingerprint density at radius 2 is 1.86 bits per heavy atom. The molecule has 0 heterocycles. The normalized spacial score (nSPS) is 18.8. The third-order valence-corrected chi connectivity index (χ3v) is 6.40. The van der Waals surface area contributed by atoms with Crippen molar-refractivity contribution in [2.75, 3.05) is 12.8 Å². The smallest absolute Gasteiger partial charge is 0.0292 e. The molecule has 0 saturated heterocycles. The van der Waals surface area contributed by atoms with Gasteiger partial charge in [-0.05, 0) is 50.0 Å². The van der Waals surface area contributed by atoms with E-state index in [4.69, 9.17) is 0 Å². The first-order valence-corrected chi connectivity index (χ1v) is 9.79. The van der Waals surface area contributed by atoms with Crippen LogP contribution in [0.25, 0.3) is 0 Å². The molecule has 2 heteroatoms. The van der Waals surface area contributed by atoms with Crippen molar-refractivity contribution in [1.29, 1.82) is 0 Å². The van der Waals surface area contributed by atoms with Gasteiger partial charge in [-0.3, -0.25) is 0 Å². The molecule has 0 bridgehead atoms. The highest BCUT2D eigenvalue weighted by Gasteiger charge is 2.32. The first-order valence-electron chi connectivity index (χ1n) is 8.56. The number of benzene rings is 1. The number of hydrogen-bond acceptors (Lipinski definition) is 2. The molecule has 0 radical (unpaired) electrons. The maximum Gasteiger partial charge on any atom is 0.0292 e. The Kier molecular flexibility index (Phi) is 6.63. The maximum absolute atomic E-state index is 3.77. The van der Waals surface area contributed by atoms with Crippen LogP contribution in [-0.4, -0.2) is 17.5 Å². The van der Waals surface area contributed by atoms with Crippen molar-refractivity contribution in [3.63, 3.8) is 0 Å². The minimum Gasteiger partial charge on any atom is -0.309 e. The first kappa shape index (κ1) is 16.9. The minimum absolute atomic E-state index is 0.454. The van der Waals surface area contributed by atoms with Gasteiger partial charge in [0.15, 0.2) is 0 Å². The van der Waals surface area contributed by atoms with Gasteiger partial charge < -0.3 is 5.32 Å². The van der Waals surface area contributed by atoms with E-state index in [-0.39, 0.29) is 0 Å². The molecule has 0 spiro atoms. The summed E-state index contributed by atoms with van der Waals surface area (Å²) in [6.45, 7) is 5.70. The molecule has 1 N–H and O–H groups in total. The van der Waals surface area contributed by atoms with Crippen molar-refractivity contribution in [3.8, 4) is 0 Å². The Morgan fingerprint density at radius 1 is 1.19 bits per heavy atom. The van der Waals surface area contributed by atoms with Crippen molar-refractivity contribution >= 4 is 11.8 Å². The number of hydrogen-bond donors (Lipinski definition) is 1. The Balaban J connectivity index is 1.86. The molecule has 118 valence electrons. The van der Waals surface area contributed by atoms with E-state index in [9.17, 15) is 0 Å². The molecule has 0 aliphatic heterocycles. The molecular weight excluding hydrogens is 274 g/mol. The van der Waals surface area contributed by atoms with E-state index in [1.54, 1.807) is 0 Å². The van der Waals surface area contributed by atoms with Crippen LogP contribution in [0.3, 0.4) is 0 Å². The van der Waals surface area contributed by atoms with Crippen molar-refractivity contribution in [3.05, 3.63) is 35.4 Å². The number of nitrogens with one attached hydrogen (secondary N) is 1. The van der Waals surface area contributed by atoms with Gasteiger partial charge >= 0.3 is 0 Å². The van der Waals surface area contributed by atoms with Gasteiger partial charge in [0.2, 0.25) is 0 Å². The number of rotatable bonds is 8. The summed E-state index contributed by atoms with van der Waals surface area (Å²) in [7, 11) is 0. The lowest BCUT2D eigenvalue weighted by atomic mass is 10.0. The Hall–Kier alpha value is -0.470. The van der Waals surface area contributed by atoms with Crippen LogP contribution >= 0.6 is 11.8 Å². The van der Waals surface area contributed by atoms with E-state index in [0.29, 0.717) is 10.8 Å². The van der Waals surface area contributed by atoms with Gasteiger partial charge in [-0.25, -0.2) is 0 Å². The maximum atomic E-state index is 3.77. The molecule has 1 unspecified atom stereocenters. The Labute approximate surface area is 135 Å². The van der Waals surface area contributed by atoms with Crippen molar-refractivity contribution < 1.29 is 0 Å². The molecule has 1 fully saturated rings. The second-order valence-corrected chi connectivity index (χ2v) is 7.82. The van der Waals surface area contributed by atoms with Gasteiger partial charge in [0.05, 0.1) is 0 Å². The zero-order chi connectivity index (χ0) is 15.1. The lowest BCUT2D eigenvalue weighted by Crippen LogP contribution is -2.36. The third kappa shape index (κ3) is 4.75.